The monoisotopic (exact) mass is 375 g/mol. The minimum absolute atomic E-state index is 0.110. The molecule has 27 heavy (non-hydrogen) atoms. The maximum atomic E-state index is 12.9. The molecule has 146 valence electrons. The molecule has 4 N–H and O–H groups in total. The molecule has 0 bridgehead atoms. The molecule has 1 aromatic rings. The van der Waals surface area contributed by atoms with Gasteiger partial charge in [0, 0.05) is 0 Å². The fourth-order valence-electron chi connectivity index (χ4n) is 3.22. The summed E-state index contributed by atoms with van der Waals surface area (Å²) in [6, 6.07) is 7.36. The minimum atomic E-state index is -0.792. The second-order valence-electron chi connectivity index (χ2n) is 6.68. The molecular weight excluding hydrogens is 350 g/mol. The Morgan fingerprint density at radius 2 is 1.96 bits per heavy atom. The lowest BCUT2D eigenvalue weighted by molar-refractivity contribution is -0.167. The first-order valence-corrected chi connectivity index (χ1v) is 9.03. The van der Waals surface area contributed by atoms with Gasteiger partial charge in [-0.25, -0.2) is 0 Å². The van der Waals surface area contributed by atoms with Crippen LogP contribution in [0.4, 0.5) is 5.69 Å². The molecule has 2 heterocycles. The van der Waals surface area contributed by atoms with Crippen LogP contribution in [0.15, 0.2) is 30.3 Å². The van der Waals surface area contributed by atoms with Crippen molar-refractivity contribution in [3.63, 3.8) is 0 Å². The quantitative estimate of drug-likeness (QED) is 0.502. The summed E-state index contributed by atoms with van der Waals surface area (Å²) in [7, 11) is 1.67. The molecule has 9 heteroatoms. The van der Waals surface area contributed by atoms with E-state index in [1.807, 2.05) is 30.3 Å². The van der Waals surface area contributed by atoms with Crippen LogP contribution < -0.4 is 21.5 Å². The predicted molar refractivity (Wildman–Crippen MR) is 98.3 cm³/mol. The Kier molecular flexibility index (Phi) is 5.92. The van der Waals surface area contributed by atoms with Crippen molar-refractivity contribution in [1.29, 1.82) is 0 Å². The van der Waals surface area contributed by atoms with E-state index in [4.69, 9.17) is 4.74 Å². The van der Waals surface area contributed by atoms with E-state index in [2.05, 4.69) is 21.5 Å². The number of carbonyl (C=O) groups is 3. The van der Waals surface area contributed by atoms with Crippen LogP contribution in [0.2, 0.25) is 0 Å². The first-order chi connectivity index (χ1) is 13.0. The van der Waals surface area contributed by atoms with Crippen LogP contribution in [0, 0.1) is 0 Å². The number of ether oxygens (including phenoxy) is 1. The molecule has 3 amide bonds. The van der Waals surface area contributed by atoms with Crippen LogP contribution in [-0.2, 0) is 19.1 Å². The fraction of sp³-hybridized carbons (Fsp3) is 0.500. The number of para-hydroxylation sites is 1. The summed E-state index contributed by atoms with van der Waals surface area (Å²) < 4.78 is 5.71. The zero-order valence-corrected chi connectivity index (χ0v) is 15.4. The van der Waals surface area contributed by atoms with Gasteiger partial charge >= 0.3 is 0 Å². The normalized spacial score (nSPS) is 25.5. The van der Waals surface area contributed by atoms with Gasteiger partial charge in [-0.05, 0) is 38.9 Å². The van der Waals surface area contributed by atoms with Crippen molar-refractivity contribution in [3.8, 4) is 0 Å². The van der Waals surface area contributed by atoms with Crippen LogP contribution >= 0.6 is 0 Å². The van der Waals surface area contributed by atoms with Crippen LogP contribution in [0.25, 0.3) is 0 Å². The summed E-state index contributed by atoms with van der Waals surface area (Å²) in [6.07, 6.45) is 0.662. The van der Waals surface area contributed by atoms with Crippen LogP contribution in [0.5, 0.6) is 0 Å². The van der Waals surface area contributed by atoms with Crippen molar-refractivity contribution >= 4 is 23.4 Å². The molecule has 2 fully saturated rings. The van der Waals surface area contributed by atoms with Crippen LogP contribution in [0.3, 0.4) is 0 Å². The van der Waals surface area contributed by atoms with E-state index < -0.39 is 24.4 Å². The number of nitrogens with zero attached hydrogens (tertiary/aromatic N) is 1. The molecule has 3 rings (SSSR count). The number of carbonyl (C=O) groups excluding carboxylic acids is 3. The van der Waals surface area contributed by atoms with Crippen molar-refractivity contribution < 1.29 is 19.1 Å². The Balaban J connectivity index is 1.62. The van der Waals surface area contributed by atoms with E-state index in [9.17, 15) is 14.4 Å². The summed E-state index contributed by atoms with van der Waals surface area (Å²) in [5, 5.41) is 5.51. The van der Waals surface area contributed by atoms with E-state index in [-0.39, 0.29) is 24.3 Å². The SMILES string of the molecule is CN[C@@H](C)C(=O)NC1COC2CC[C@@H](C(=O)NNc3ccccc3)N2C1=O. The van der Waals surface area contributed by atoms with Crippen LogP contribution in [0.1, 0.15) is 19.8 Å². The summed E-state index contributed by atoms with van der Waals surface area (Å²) in [5.41, 5.74) is 6.23. The largest absolute Gasteiger partial charge is 0.356 e. The number of hydrogen-bond donors (Lipinski definition) is 4. The Hall–Kier alpha value is -2.65. The highest BCUT2D eigenvalue weighted by atomic mass is 16.5. The molecule has 4 atom stereocenters. The molecule has 9 nitrogen and oxygen atoms in total. The van der Waals surface area contributed by atoms with Gasteiger partial charge in [0.25, 0.3) is 5.91 Å². The Bertz CT molecular complexity index is 698. The molecule has 2 saturated heterocycles. The van der Waals surface area contributed by atoms with E-state index >= 15 is 0 Å². The molecule has 1 aromatic carbocycles. The predicted octanol–water partition coefficient (Wildman–Crippen LogP) is -0.430. The van der Waals surface area contributed by atoms with Crippen molar-refractivity contribution in [3.05, 3.63) is 30.3 Å². The van der Waals surface area contributed by atoms with Crippen LogP contribution in [-0.4, -0.2) is 60.6 Å². The molecule has 2 unspecified atom stereocenters. The molecule has 0 aliphatic carbocycles. The molecule has 2 aliphatic heterocycles. The molecule has 0 radical (unpaired) electrons. The van der Waals surface area contributed by atoms with Gasteiger partial charge < -0.3 is 20.3 Å². The smallest absolute Gasteiger partial charge is 0.261 e. The Morgan fingerprint density at radius 1 is 1.22 bits per heavy atom. The van der Waals surface area contributed by atoms with E-state index in [1.165, 1.54) is 4.90 Å². The highest BCUT2D eigenvalue weighted by Crippen LogP contribution is 2.29. The maximum Gasteiger partial charge on any atom is 0.261 e. The van der Waals surface area contributed by atoms with Gasteiger partial charge in [-0.3, -0.25) is 25.2 Å². The first kappa shape index (κ1) is 19.1. The van der Waals surface area contributed by atoms with Crippen molar-refractivity contribution in [2.75, 3.05) is 19.1 Å². The molecule has 0 spiro atoms. The van der Waals surface area contributed by atoms with Gasteiger partial charge in [-0.2, -0.15) is 0 Å². The number of nitrogens with one attached hydrogen (secondary N) is 4. The summed E-state index contributed by atoms with van der Waals surface area (Å²) in [4.78, 5) is 38.9. The van der Waals surface area contributed by atoms with E-state index in [1.54, 1.807) is 14.0 Å². The minimum Gasteiger partial charge on any atom is -0.356 e. The van der Waals surface area contributed by atoms with Crippen molar-refractivity contribution in [2.45, 2.75) is 44.1 Å². The number of rotatable bonds is 6. The number of hydrogen-bond acceptors (Lipinski definition) is 6. The summed E-state index contributed by atoms with van der Waals surface area (Å²) in [5.74, 6) is -0.891. The lowest BCUT2D eigenvalue weighted by atomic mass is 10.1. The number of benzene rings is 1. The molecular formula is C18H25N5O4. The average molecular weight is 375 g/mol. The highest BCUT2D eigenvalue weighted by Gasteiger charge is 2.47. The third-order valence-electron chi connectivity index (χ3n) is 4.89. The topological polar surface area (TPSA) is 112 Å². The fourth-order valence-corrected chi connectivity index (χ4v) is 3.22. The van der Waals surface area contributed by atoms with Gasteiger partial charge in [-0.1, -0.05) is 18.2 Å². The van der Waals surface area contributed by atoms with Gasteiger partial charge in [-0.15, -0.1) is 0 Å². The standard InChI is InChI=1S/C18H25N5O4/c1-11(19-2)16(24)20-13-10-27-15-9-8-14(23(15)18(13)26)17(25)22-21-12-6-4-3-5-7-12/h3-7,11,13-15,19,21H,8-10H2,1-2H3,(H,20,24)(H,22,25)/t11-,13?,14-,15?/m0/s1. The van der Waals surface area contributed by atoms with E-state index in [0.717, 1.165) is 5.69 Å². The number of likely N-dealkylation sites (N-methyl/N-ethyl adjacent to an activating group) is 1. The van der Waals surface area contributed by atoms with Gasteiger partial charge in [0.05, 0.1) is 18.3 Å². The van der Waals surface area contributed by atoms with Crippen molar-refractivity contribution in [1.82, 2.24) is 21.0 Å². The van der Waals surface area contributed by atoms with Gasteiger partial charge in [0.1, 0.15) is 18.3 Å². The molecule has 0 saturated carbocycles. The third kappa shape index (κ3) is 4.20. The number of hydrazine groups is 1. The lowest BCUT2D eigenvalue weighted by Gasteiger charge is -2.37. The number of anilines is 1. The zero-order chi connectivity index (χ0) is 19.4. The Morgan fingerprint density at radius 3 is 2.67 bits per heavy atom. The second-order valence-corrected chi connectivity index (χ2v) is 6.68. The lowest BCUT2D eigenvalue weighted by Crippen LogP contribution is -2.62. The number of fused-ring (bicyclic) bond motifs is 1. The van der Waals surface area contributed by atoms with Gasteiger partial charge in [0.15, 0.2) is 0 Å². The highest BCUT2D eigenvalue weighted by molar-refractivity contribution is 5.94. The third-order valence-corrected chi connectivity index (χ3v) is 4.89. The van der Waals surface area contributed by atoms with Gasteiger partial charge in [0.2, 0.25) is 11.8 Å². The average Bonchev–Trinajstić information content (AvgIpc) is 3.13. The molecule has 2 aliphatic rings. The second kappa shape index (κ2) is 8.36. The summed E-state index contributed by atoms with van der Waals surface area (Å²) >= 11 is 0. The first-order valence-electron chi connectivity index (χ1n) is 9.03. The van der Waals surface area contributed by atoms with E-state index in [0.29, 0.717) is 12.8 Å². The summed E-state index contributed by atoms with van der Waals surface area (Å²) in [6.45, 7) is 1.81. The number of amides is 3. The Labute approximate surface area is 157 Å². The molecule has 0 aromatic heterocycles. The van der Waals surface area contributed by atoms with Crippen molar-refractivity contribution in [2.24, 2.45) is 0 Å². The zero-order valence-electron chi connectivity index (χ0n) is 15.4. The maximum absolute atomic E-state index is 12.9.